The lowest BCUT2D eigenvalue weighted by molar-refractivity contribution is -0.119. The van der Waals surface area contributed by atoms with E-state index in [1.54, 1.807) is 24.3 Å². The number of rotatable bonds is 13. The third-order valence-corrected chi connectivity index (χ3v) is 7.34. The van der Waals surface area contributed by atoms with E-state index in [0.29, 0.717) is 34.5 Å². The summed E-state index contributed by atoms with van der Waals surface area (Å²) in [5, 5.41) is 21.0. The van der Waals surface area contributed by atoms with Crippen molar-refractivity contribution in [1.82, 2.24) is 4.57 Å². The summed E-state index contributed by atoms with van der Waals surface area (Å²) in [7, 11) is 0. The minimum absolute atomic E-state index is 0.0361. The van der Waals surface area contributed by atoms with Crippen molar-refractivity contribution in [3.8, 4) is 22.4 Å². The van der Waals surface area contributed by atoms with Crippen molar-refractivity contribution < 1.29 is 28.6 Å². The number of hydrogen-bond acceptors (Lipinski definition) is 4. The van der Waals surface area contributed by atoms with Gasteiger partial charge in [0.1, 0.15) is 17.4 Å². The molecule has 0 unspecified atom stereocenters. The molecule has 0 saturated carbocycles. The van der Waals surface area contributed by atoms with Crippen molar-refractivity contribution in [2.45, 2.75) is 71.1 Å². The quantitative estimate of drug-likeness (QED) is 0.167. The summed E-state index contributed by atoms with van der Waals surface area (Å²) in [5.74, 6) is -1.20. The zero-order chi connectivity index (χ0) is 30.4. The molecule has 0 aliphatic carbocycles. The lowest BCUT2D eigenvalue weighted by atomic mass is 9.90. The van der Waals surface area contributed by atoms with Crippen molar-refractivity contribution in [3.05, 3.63) is 107 Å². The van der Waals surface area contributed by atoms with Gasteiger partial charge < -0.3 is 14.8 Å². The number of halogens is 2. The molecule has 0 saturated heterocycles. The molecule has 5 nitrogen and oxygen atoms in total. The van der Waals surface area contributed by atoms with Crippen LogP contribution in [0.5, 0.6) is 0 Å². The van der Waals surface area contributed by atoms with Crippen LogP contribution in [0.25, 0.3) is 22.4 Å². The Morgan fingerprint density at radius 1 is 0.810 bits per heavy atom. The first-order valence-electron chi connectivity index (χ1n) is 14.3. The van der Waals surface area contributed by atoms with E-state index in [-0.39, 0.29) is 43.2 Å². The maximum absolute atomic E-state index is 14.2. The van der Waals surface area contributed by atoms with E-state index in [9.17, 15) is 28.6 Å². The molecule has 4 rings (SSSR count). The molecular formula is C35H37F2NO4. The topological polar surface area (TPSA) is 79.5 Å². The van der Waals surface area contributed by atoms with Crippen LogP contribution in [0.3, 0.4) is 0 Å². The maximum Gasteiger partial charge on any atom is 0.169 e. The van der Waals surface area contributed by atoms with Crippen LogP contribution in [0.15, 0.2) is 78.9 Å². The predicted molar refractivity (Wildman–Crippen MR) is 160 cm³/mol. The van der Waals surface area contributed by atoms with Gasteiger partial charge in [-0.05, 0) is 78.8 Å². The van der Waals surface area contributed by atoms with Crippen LogP contribution >= 0.6 is 0 Å². The van der Waals surface area contributed by atoms with E-state index in [2.05, 4.69) is 0 Å². The molecule has 220 valence electrons. The second kappa shape index (κ2) is 13.8. The number of hydrogen-bond donors (Lipinski definition) is 2. The van der Waals surface area contributed by atoms with E-state index in [0.717, 1.165) is 11.3 Å². The van der Waals surface area contributed by atoms with E-state index < -0.39 is 23.8 Å². The van der Waals surface area contributed by atoms with Crippen LogP contribution < -0.4 is 0 Å². The predicted octanol–water partition coefficient (Wildman–Crippen LogP) is 7.13. The average molecular weight is 574 g/mol. The highest BCUT2D eigenvalue weighted by Gasteiger charge is 2.30. The number of benzene rings is 3. The van der Waals surface area contributed by atoms with Gasteiger partial charge in [-0.2, -0.15) is 0 Å². The monoisotopic (exact) mass is 573 g/mol. The molecule has 0 spiro atoms. The van der Waals surface area contributed by atoms with Gasteiger partial charge in [0.2, 0.25) is 0 Å². The average Bonchev–Trinajstić information content (AvgIpc) is 3.28. The number of aliphatic hydroxyl groups is 2. The number of aromatic nitrogens is 1. The molecule has 0 aliphatic heterocycles. The summed E-state index contributed by atoms with van der Waals surface area (Å²) in [4.78, 5) is 25.6. The summed E-state index contributed by atoms with van der Waals surface area (Å²) >= 11 is 0. The van der Waals surface area contributed by atoms with Crippen molar-refractivity contribution in [1.29, 1.82) is 0 Å². The van der Waals surface area contributed by atoms with Gasteiger partial charge in [-0.1, -0.05) is 56.3 Å². The molecule has 0 bridgehead atoms. The van der Waals surface area contributed by atoms with Crippen molar-refractivity contribution in [2.75, 3.05) is 0 Å². The highest BCUT2D eigenvalue weighted by atomic mass is 19.1. The highest BCUT2D eigenvalue weighted by Crippen LogP contribution is 2.43. The first kappa shape index (κ1) is 31.0. The third kappa shape index (κ3) is 7.46. The first-order valence-corrected chi connectivity index (χ1v) is 14.3. The van der Waals surface area contributed by atoms with Gasteiger partial charge in [0, 0.05) is 36.2 Å². The number of carbonyl (C=O) groups excluding carboxylic acids is 2. The fourth-order valence-electron chi connectivity index (χ4n) is 5.55. The summed E-state index contributed by atoms with van der Waals surface area (Å²) in [6, 6.07) is 21.4. The molecule has 0 aliphatic rings. The number of carbonyl (C=O) groups is 2. The Hall–Kier alpha value is -3.94. The highest BCUT2D eigenvalue weighted by molar-refractivity contribution is 6.08. The van der Waals surface area contributed by atoms with Gasteiger partial charge in [0.25, 0.3) is 0 Å². The summed E-state index contributed by atoms with van der Waals surface area (Å²) < 4.78 is 30.1. The van der Waals surface area contributed by atoms with Crippen molar-refractivity contribution in [3.63, 3.8) is 0 Å². The Balaban J connectivity index is 1.91. The first-order chi connectivity index (χ1) is 20.0. The van der Waals surface area contributed by atoms with Crippen LogP contribution in [0.4, 0.5) is 8.78 Å². The van der Waals surface area contributed by atoms with Crippen LogP contribution in [0, 0.1) is 11.6 Å². The lowest BCUT2D eigenvalue weighted by Crippen LogP contribution is -2.22. The van der Waals surface area contributed by atoms with Gasteiger partial charge in [0.15, 0.2) is 5.78 Å². The second-order valence-electron chi connectivity index (χ2n) is 11.1. The fraction of sp³-hybridized carbons (Fsp3) is 0.314. The number of nitrogens with zero attached hydrogens (tertiary/aromatic N) is 1. The van der Waals surface area contributed by atoms with Gasteiger partial charge >= 0.3 is 0 Å². The largest absolute Gasteiger partial charge is 0.393 e. The number of Topliss-reactive ketones (excluding diaryl/α,β-unsaturated/α-hetero) is 2. The van der Waals surface area contributed by atoms with E-state index in [1.807, 2.05) is 48.7 Å². The third-order valence-electron chi connectivity index (χ3n) is 7.34. The summed E-state index contributed by atoms with van der Waals surface area (Å²) in [6.07, 6.45) is -1.46. The van der Waals surface area contributed by atoms with Crippen LogP contribution in [-0.4, -0.2) is 38.6 Å². The normalized spacial score (nSPS) is 12.9. The molecule has 0 radical (unpaired) electrons. The van der Waals surface area contributed by atoms with Gasteiger partial charge in [-0.15, -0.1) is 0 Å². The van der Waals surface area contributed by atoms with Crippen molar-refractivity contribution in [2.24, 2.45) is 0 Å². The minimum Gasteiger partial charge on any atom is -0.393 e. The molecule has 3 aromatic carbocycles. The fourth-order valence-corrected chi connectivity index (χ4v) is 5.55. The number of aliphatic hydroxyl groups excluding tert-OH is 2. The molecule has 1 heterocycles. The van der Waals surface area contributed by atoms with Gasteiger partial charge in [-0.25, -0.2) is 8.78 Å². The molecule has 42 heavy (non-hydrogen) atoms. The van der Waals surface area contributed by atoms with Crippen molar-refractivity contribution >= 4 is 11.6 Å². The summed E-state index contributed by atoms with van der Waals surface area (Å²) in [6.45, 7) is 5.66. The Morgan fingerprint density at radius 3 is 1.93 bits per heavy atom. The second-order valence-corrected chi connectivity index (χ2v) is 11.1. The molecule has 1 aromatic heterocycles. The maximum atomic E-state index is 14.2. The Kier molecular flexibility index (Phi) is 10.2. The Bertz CT molecular complexity index is 1510. The lowest BCUT2D eigenvalue weighted by Gasteiger charge is -2.20. The van der Waals surface area contributed by atoms with Crippen LogP contribution in [-0.2, 0) is 17.8 Å². The van der Waals surface area contributed by atoms with Crippen LogP contribution in [0.2, 0.25) is 0 Å². The molecule has 2 N–H and O–H groups in total. The zero-order valence-electron chi connectivity index (χ0n) is 24.2. The van der Waals surface area contributed by atoms with Gasteiger partial charge in [-0.3, -0.25) is 9.59 Å². The SMILES string of the molecule is CC(=O)C[C@H](O)C[C@H](O)CCn1c(-c2ccc(F)cc2)c(-c2ccc(F)cc2)c(C(=O)Cc2ccccc2)c1C(C)C. The number of ketones is 2. The Morgan fingerprint density at radius 2 is 1.38 bits per heavy atom. The molecule has 0 amide bonds. The van der Waals surface area contributed by atoms with E-state index in [1.165, 1.54) is 31.2 Å². The zero-order valence-corrected chi connectivity index (χ0v) is 24.2. The molecule has 4 aromatic rings. The minimum atomic E-state index is -0.957. The standard InChI is InChI=1S/C35H37F2NO4/c1-22(2)34-33(31(42)20-24-7-5-4-6-8-24)32(25-9-13-27(36)14-10-25)35(26-11-15-28(37)16-12-26)38(34)18-17-29(40)21-30(41)19-23(3)39/h4-16,22,29-30,40-41H,17-21H2,1-3H3/t29-,30+/m1/s1. The van der Waals surface area contributed by atoms with E-state index >= 15 is 0 Å². The smallest absolute Gasteiger partial charge is 0.169 e. The molecular weight excluding hydrogens is 536 g/mol. The van der Waals surface area contributed by atoms with Crippen LogP contribution in [0.1, 0.15) is 67.6 Å². The Labute approximate surface area is 245 Å². The molecule has 7 heteroatoms. The van der Waals surface area contributed by atoms with Gasteiger partial charge in [0.05, 0.1) is 17.9 Å². The molecule has 0 fully saturated rings. The van der Waals surface area contributed by atoms with E-state index in [4.69, 9.17) is 0 Å². The molecule has 2 atom stereocenters. The summed E-state index contributed by atoms with van der Waals surface area (Å²) in [5.41, 5.74) is 4.72.